The van der Waals surface area contributed by atoms with Crippen LogP contribution in [0.1, 0.15) is 0 Å². The predicted molar refractivity (Wildman–Crippen MR) is 35.0 cm³/mol. The number of hydrogen-bond donors (Lipinski definition) is 0. The van der Waals surface area contributed by atoms with Gasteiger partial charge in [-0.1, -0.05) is 11.6 Å². The molecule has 8 heteroatoms. The van der Waals surface area contributed by atoms with E-state index in [1.54, 1.807) is 0 Å². The Morgan fingerprint density at radius 1 is 1.33 bits per heavy atom. The predicted octanol–water partition coefficient (Wildman–Crippen LogP) is -2.96. The molecule has 1 aromatic rings. The molecule has 5 nitrogen and oxygen atoms in total. The molecule has 0 fully saturated rings. The van der Waals surface area contributed by atoms with E-state index >= 15 is 0 Å². The zero-order chi connectivity index (χ0) is 8.48. The Kier molecular flexibility index (Phi) is 5.34. The molecular formula is C4H2ClKN2O3S. The number of aromatic nitrogens is 2. The monoisotopic (exact) mass is 232 g/mol. The maximum Gasteiger partial charge on any atom is 1.00 e. The van der Waals surface area contributed by atoms with E-state index < -0.39 is 20.3 Å². The average molecular weight is 233 g/mol. The molecule has 1 heterocycles. The van der Waals surface area contributed by atoms with Gasteiger partial charge in [0, 0.05) is 12.4 Å². The molecule has 0 bridgehead atoms. The molecule has 0 aliphatic heterocycles. The van der Waals surface area contributed by atoms with Crippen molar-refractivity contribution in [2.45, 2.75) is 5.03 Å². The van der Waals surface area contributed by atoms with Gasteiger partial charge < -0.3 is 4.55 Å². The second-order valence-corrected chi connectivity index (χ2v) is 3.26. The van der Waals surface area contributed by atoms with Crippen LogP contribution in [0.5, 0.6) is 0 Å². The van der Waals surface area contributed by atoms with E-state index in [4.69, 9.17) is 11.6 Å². The third-order valence-electron chi connectivity index (χ3n) is 0.860. The molecule has 0 radical (unpaired) electrons. The summed E-state index contributed by atoms with van der Waals surface area (Å²) in [6.07, 6.45) is 2.27. The molecule has 0 N–H and O–H groups in total. The third kappa shape index (κ3) is 3.34. The summed E-state index contributed by atoms with van der Waals surface area (Å²) in [5.41, 5.74) is 0. The molecule has 0 atom stereocenters. The van der Waals surface area contributed by atoms with Crippen molar-refractivity contribution in [2.24, 2.45) is 0 Å². The van der Waals surface area contributed by atoms with Gasteiger partial charge in [-0.05, 0) is 0 Å². The van der Waals surface area contributed by atoms with Crippen molar-refractivity contribution in [3.05, 3.63) is 17.5 Å². The van der Waals surface area contributed by atoms with Gasteiger partial charge in [0.05, 0.1) is 0 Å². The SMILES string of the molecule is O=S(=O)([O-])c1nccnc1Cl.[K+]. The van der Waals surface area contributed by atoms with Crippen LogP contribution < -0.4 is 51.4 Å². The summed E-state index contributed by atoms with van der Waals surface area (Å²) in [6, 6.07) is 0. The van der Waals surface area contributed by atoms with Crippen LogP contribution in [-0.4, -0.2) is 22.9 Å². The second kappa shape index (κ2) is 4.96. The molecule has 60 valence electrons. The molecule has 1 rings (SSSR count). The molecule has 0 amide bonds. The summed E-state index contributed by atoms with van der Waals surface area (Å²) in [6.45, 7) is 0. The Hall–Kier alpha value is 0.916. The van der Waals surface area contributed by atoms with Crippen molar-refractivity contribution >= 4 is 21.7 Å². The molecule has 0 aliphatic rings. The van der Waals surface area contributed by atoms with Gasteiger partial charge in [-0.15, -0.1) is 0 Å². The van der Waals surface area contributed by atoms with Crippen molar-refractivity contribution in [2.75, 3.05) is 0 Å². The van der Waals surface area contributed by atoms with Crippen LogP contribution in [0.2, 0.25) is 5.15 Å². The van der Waals surface area contributed by atoms with Gasteiger partial charge >= 0.3 is 51.4 Å². The average Bonchev–Trinajstić information content (AvgIpc) is 1.86. The van der Waals surface area contributed by atoms with Crippen LogP contribution in [-0.2, 0) is 10.1 Å². The van der Waals surface area contributed by atoms with E-state index in [2.05, 4.69) is 9.97 Å². The molecule has 12 heavy (non-hydrogen) atoms. The Balaban J connectivity index is 0.00000121. The largest absolute Gasteiger partial charge is 1.00 e. The van der Waals surface area contributed by atoms with Gasteiger partial charge in [0.25, 0.3) is 0 Å². The van der Waals surface area contributed by atoms with Crippen LogP contribution in [0.25, 0.3) is 0 Å². The fourth-order valence-electron chi connectivity index (χ4n) is 0.476. The van der Waals surface area contributed by atoms with Gasteiger partial charge in [0.1, 0.15) is 10.1 Å². The number of nitrogens with zero attached hydrogens (tertiary/aromatic N) is 2. The summed E-state index contributed by atoms with van der Waals surface area (Å²) >= 11 is 5.26. The molecule has 0 saturated heterocycles. The van der Waals surface area contributed by atoms with Crippen LogP contribution >= 0.6 is 11.6 Å². The smallest absolute Gasteiger partial charge is 0.743 e. The van der Waals surface area contributed by atoms with Crippen molar-refractivity contribution in [1.29, 1.82) is 0 Å². The molecule has 1 aromatic heterocycles. The van der Waals surface area contributed by atoms with Gasteiger partial charge in [0.15, 0.2) is 10.2 Å². The number of rotatable bonds is 1. The summed E-state index contributed by atoms with van der Waals surface area (Å²) in [5, 5.41) is -1.14. The minimum absolute atomic E-state index is 0. The third-order valence-corrected chi connectivity index (χ3v) is 2.02. The van der Waals surface area contributed by atoms with E-state index in [0.717, 1.165) is 6.20 Å². The fourth-order valence-corrected chi connectivity index (χ4v) is 1.31. The van der Waals surface area contributed by atoms with Gasteiger partial charge in [-0.3, -0.25) is 0 Å². The maximum atomic E-state index is 10.3. The molecular weight excluding hydrogens is 231 g/mol. The van der Waals surface area contributed by atoms with Crippen LogP contribution in [0.4, 0.5) is 0 Å². The number of hydrogen-bond acceptors (Lipinski definition) is 5. The minimum atomic E-state index is -4.59. The Morgan fingerprint density at radius 2 is 1.83 bits per heavy atom. The second-order valence-electron chi connectivity index (χ2n) is 1.61. The first-order valence-corrected chi connectivity index (χ1v) is 4.23. The van der Waals surface area contributed by atoms with Gasteiger partial charge in [-0.25, -0.2) is 18.4 Å². The van der Waals surface area contributed by atoms with Crippen molar-refractivity contribution in [3.8, 4) is 0 Å². The Bertz CT molecular complexity index is 368. The standard InChI is InChI=1S/C4H3ClN2O3S.K/c5-3-4(11(8,9)10)7-2-1-6-3;/h1-2H,(H,8,9,10);/q;+1/p-1. The van der Waals surface area contributed by atoms with E-state index in [-0.39, 0.29) is 51.4 Å². The van der Waals surface area contributed by atoms with Crippen LogP contribution in [0, 0.1) is 0 Å². The molecule has 0 unspecified atom stereocenters. The molecule has 0 saturated carbocycles. The summed E-state index contributed by atoms with van der Waals surface area (Å²) in [7, 11) is -4.59. The first-order chi connectivity index (χ1) is 5.02. The van der Waals surface area contributed by atoms with Crippen molar-refractivity contribution in [1.82, 2.24) is 9.97 Å². The topological polar surface area (TPSA) is 83.0 Å². The molecule has 0 aromatic carbocycles. The van der Waals surface area contributed by atoms with E-state index in [1.807, 2.05) is 0 Å². The zero-order valence-corrected chi connectivity index (χ0v) is 10.8. The first-order valence-electron chi connectivity index (χ1n) is 2.44. The van der Waals surface area contributed by atoms with Gasteiger partial charge in [0.2, 0.25) is 0 Å². The van der Waals surface area contributed by atoms with E-state index in [1.165, 1.54) is 6.20 Å². The normalized spacial score (nSPS) is 10.5. The van der Waals surface area contributed by atoms with E-state index in [9.17, 15) is 13.0 Å². The summed E-state index contributed by atoms with van der Waals surface area (Å²) < 4.78 is 30.9. The fraction of sp³-hybridized carbons (Fsp3) is 0. The van der Waals surface area contributed by atoms with Crippen molar-refractivity contribution in [3.63, 3.8) is 0 Å². The van der Waals surface area contributed by atoms with Crippen LogP contribution in [0.3, 0.4) is 0 Å². The van der Waals surface area contributed by atoms with Gasteiger partial charge in [-0.2, -0.15) is 0 Å². The first kappa shape index (κ1) is 12.9. The zero-order valence-electron chi connectivity index (χ0n) is 6.06. The molecule has 0 aliphatic carbocycles. The minimum Gasteiger partial charge on any atom is -0.743 e. The summed E-state index contributed by atoms with van der Waals surface area (Å²) in [4.78, 5) is 6.62. The Morgan fingerprint density at radius 3 is 2.17 bits per heavy atom. The van der Waals surface area contributed by atoms with Crippen molar-refractivity contribution < 1.29 is 64.4 Å². The molecule has 0 spiro atoms. The Labute approximate surface area is 117 Å². The quantitative estimate of drug-likeness (QED) is 0.382. The summed E-state index contributed by atoms with van der Waals surface area (Å²) in [5.74, 6) is 0. The van der Waals surface area contributed by atoms with E-state index in [0.29, 0.717) is 0 Å². The number of halogens is 1. The van der Waals surface area contributed by atoms with Crippen LogP contribution in [0.15, 0.2) is 17.4 Å². The maximum absolute atomic E-state index is 10.3.